The average molecular weight is 450 g/mol. The molecule has 0 saturated carbocycles. The van der Waals surface area contributed by atoms with Gasteiger partial charge >= 0.3 is 0 Å². The molecule has 31 heavy (non-hydrogen) atoms. The van der Waals surface area contributed by atoms with E-state index in [1.165, 1.54) is 19.2 Å². The minimum absolute atomic E-state index is 0.0531. The second-order valence-corrected chi connectivity index (χ2v) is 9.62. The first-order valence-corrected chi connectivity index (χ1v) is 11.9. The summed E-state index contributed by atoms with van der Waals surface area (Å²) in [5.41, 5.74) is 1.74. The molecule has 1 aliphatic heterocycles. The molecule has 168 valence electrons. The molecule has 0 spiro atoms. The zero-order valence-electron chi connectivity index (χ0n) is 17.7. The third-order valence-corrected chi connectivity index (χ3v) is 6.58. The van der Waals surface area contributed by atoms with Crippen molar-refractivity contribution < 1.29 is 22.3 Å². The summed E-state index contributed by atoms with van der Waals surface area (Å²) in [7, 11) is -2.00. The van der Waals surface area contributed by atoms with Crippen LogP contribution in [-0.4, -0.2) is 45.2 Å². The fourth-order valence-electron chi connectivity index (χ4n) is 3.64. The van der Waals surface area contributed by atoms with Gasteiger partial charge in [0.05, 0.1) is 24.5 Å². The summed E-state index contributed by atoms with van der Waals surface area (Å²) in [4.78, 5) is 15.0. The van der Waals surface area contributed by atoms with Crippen LogP contribution in [0.2, 0.25) is 0 Å². The van der Waals surface area contributed by atoms with E-state index in [1.807, 2.05) is 6.07 Å². The number of methoxy groups -OCH3 is 1. The second-order valence-electron chi connectivity index (χ2n) is 7.61. The Morgan fingerprint density at radius 3 is 2.77 bits per heavy atom. The van der Waals surface area contributed by atoms with Crippen LogP contribution in [0.3, 0.4) is 0 Å². The van der Waals surface area contributed by atoms with Crippen molar-refractivity contribution in [1.29, 1.82) is 0 Å². The van der Waals surface area contributed by atoms with E-state index in [2.05, 4.69) is 14.9 Å². The van der Waals surface area contributed by atoms with Crippen molar-refractivity contribution in [2.45, 2.75) is 26.3 Å². The van der Waals surface area contributed by atoms with Crippen molar-refractivity contribution in [3.63, 3.8) is 0 Å². The standard InChI is InChI=1S/C22H28FN3O4S/c1-3-31(28,29)25-20-10-9-19(13-21(20)30-2)24-22(27)17-7-5-11-26(15-17)14-16-6-4-8-18(23)12-16/h4,6,8-10,12-13,17,25H,3,5,7,11,14-15H2,1-2H3,(H,24,27). The lowest BCUT2D eigenvalue weighted by Gasteiger charge is -2.32. The maximum Gasteiger partial charge on any atom is 0.232 e. The number of carbonyl (C=O) groups is 1. The van der Waals surface area contributed by atoms with Crippen LogP contribution in [0, 0.1) is 11.7 Å². The fourth-order valence-corrected chi connectivity index (χ4v) is 4.29. The largest absolute Gasteiger partial charge is 0.494 e. The summed E-state index contributed by atoms with van der Waals surface area (Å²) < 4.78 is 44.8. The van der Waals surface area contributed by atoms with Crippen molar-refractivity contribution in [3.8, 4) is 5.75 Å². The lowest BCUT2D eigenvalue weighted by Crippen LogP contribution is -2.40. The molecular weight excluding hydrogens is 421 g/mol. The van der Waals surface area contributed by atoms with E-state index in [0.717, 1.165) is 24.9 Å². The average Bonchev–Trinajstić information content (AvgIpc) is 2.75. The van der Waals surface area contributed by atoms with Gasteiger partial charge in [-0.05, 0) is 56.1 Å². The molecule has 2 N–H and O–H groups in total. The topological polar surface area (TPSA) is 87.7 Å². The molecule has 1 unspecified atom stereocenters. The highest BCUT2D eigenvalue weighted by Crippen LogP contribution is 2.29. The highest BCUT2D eigenvalue weighted by atomic mass is 32.2. The van der Waals surface area contributed by atoms with Gasteiger partial charge in [0.25, 0.3) is 0 Å². The molecule has 1 heterocycles. The van der Waals surface area contributed by atoms with Crippen LogP contribution in [0.5, 0.6) is 5.75 Å². The third-order valence-electron chi connectivity index (χ3n) is 5.29. The van der Waals surface area contributed by atoms with E-state index in [4.69, 9.17) is 4.74 Å². The smallest absolute Gasteiger partial charge is 0.232 e. The van der Waals surface area contributed by atoms with Gasteiger partial charge in [0.1, 0.15) is 11.6 Å². The Morgan fingerprint density at radius 1 is 1.26 bits per heavy atom. The highest BCUT2D eigenvalue weighted by Gasteiger charge is 2.26. The summed E-state index contributed by atoms with van der Waals surface area (Å²) in [5.74, 6) is -0.282. The van der Waals surface area contributed by atoms with Gasteiger partial charge in [0.15, 0.2) is 0 Å². The number of likely N-dealkylation sites (tertiary alicyclic amines) is 1. The molecule has 7 nitrogen and oxygen atoms in total. The van der Waals surface area contributed by atoms with Crippen molar-refractivity contribution in [3.05, 3.63) is 53.8 Å². The Labute approximate surface area is 182 Å². The summed E-state index contributed by atoms with van der Waals surface area (Å²) in [5, 5.41) is 2.90. The number of piperidine rings is 1. The van der Waals surface area contributed by atoms with Crippen LogP contribution in [0.4, 0.5) is 15.8 Å². The zero-order chi connectivity index (χ0) is 22.4. The van der Waals surface area contributed by atoms with Crippen LogP contribution in [-0.2, 0) is 21.4 Å². The van der Waals surface area contributed by atoms with Crippen LogP contribution in [0.15, 0.2) is 42.5 Å². The third kappa shape index (κ3) is 6.41. The Bertz CT molecular complexity index is 1030. The van der Waals surface area contributed by atoms with Crippen molar-refractivity contribution in [2.75, 3.05) is 36.0 Å². The Balaban J connectivity index is 1.63. The zero-order valence-corrected chi connectivity index (χ0v) is 18.5. The Kier molecular flexibility index (Phi) is 7.50. The molecule has 0 aliphatic carbocycles. The van der Waals surface area contributed by atoms with Gasteiger partial charge in [-0.3, -0.25) is 14.4 Å². The lowest BCUT2D eigenvalue weighted by atomic mass is 9.96. The maximum atomic E-state index is 13.4. The van der Waals surface area contributed by atoms with Gasteiger partial charge in [-0.15, -0.1) is 0 Å². The highest BCUT2D eigenvalue weighted by molar-refractivity contribution is 7.92. The van der Waals surface area contributed by atoms with E-state index in [9.17, 15) is 17.6 Å². The summed E-state index contributed by atoms with van der Waals surface area (Å²) in [6.45, 7) is 3.60. The van der Waals surface area contributed by atoms with E-state index in [0.29, 0.717) is 30.2 Å². The van der Waals surface area contributed by atoms with Crippen molar-refractivity contribution >= 4 is 27.3 Å². The van der Waals surface area contributed by atoms with E-state index in [-0.39, 0.29) is 23.4 Å². The van der Waals surface area contributed by atoms with Gasteiger partial charge in [-0.25, -0.2) is 12.8 Å². The fraction of sp³-hybridized carbons (Fsp3) is 0.409. The number of amides is 1. The summed E-state index contributed by atoms with van der Waals surface area (Å²) in [6, 6.07) is 11.3. The number of ether oxygens (including phenoxy) is 1. The number of anilines is 2. The molecule has 0 radical (unpaired) electrons. The van der Waals surface area contributed by atoms with Gasteiger partial charge in [-0.1, -0.05) is 12.1 Å². The molecule has 1 aliphatic rings. The monoisotopic (exact) mass is 449 g/mol. The minimum Gasteiger partial charge on any atom is -0.494 e. The van der Waals surface area contributed by atoms with Crippen molar-refractivity contribution in [1.82, 2.24) is 4.90 Å². The first-order valence-electron chi connectivity index (χ1n) is 10.3. The summed E-state index contributed by atoms with van der Waals surface area (Å²) >= 11 is 0. The first kappa shape index (κ1) is 23.0. The molecule has 9 heteroatoms. The Hall–Kier alpha value is -2.65. The number of nitrogens with zero attached hydrogens (tertiary/aromatic N) is 1. The molecule has 1 fully saturated rings. The molecule has 1 atom stereocenters. The number of halogens is 1. The first-order chi connectivity index (χ1) is 14.8. The number of hydrogen-bond acceptors (Lipinski definition) is 5. The predicted molar refractivity (Wildman–Crippen MR) is 119 cm³/mol. The predicted octanol–water partition coefficient (Wildman–Crippen LogP) is 3.45. The quantitative estimate of drug-likeness (QED) is 0.645. The van der Waals surface area contributed by atoms with Crippen LogP contribution in [0.1, 0.15) is 25.3 Å². The van der Waals surface area contributed by atoms with Crippen LogP contribution >= 0.6 is 0 Å². The van der Waals surface area contributed by atoms with Gasteiger partial charge in [-0.2, -0.15) is 0 Å². The molecule has 2 aromatic rings. The lowest BCUT2D eigenvalue weighted by molar-refractivity contribution is -0.121. The molecule has 0 aromatic heterocycles. The maximum absolute atomic E-state index is 13.4. The van der Waals surface area contributed by atoms with E-state index in [1.54, 1.807) is 31.2 Å². The van der Waals surface area contributed by atoms with Gasteiger partial charge in [0, 0.05) is 24.8 Å². The van der Waals surface area contributed by atoms with Crippen LogP contribution in [0.25, 0.3) is 0 Å². The van der Waals surface area contributed by atoms with Crippen molar-refractivity contribution in [2.24, 2.45) is 5.92 Å². The van der Waals surface area contributed by atoms with Gasteiger partial charge < -0.3 is 10.1 Å². The number of benzene rings is 2. The van der Waals surface area contributed by atoms with Gasteiger partial charge in [0.2, 0.25) is 15.9 Å². The SMILES string of the molecule is CCS(=O)(=O)Nc1ccc(NC(=O)C2CCCN(Cc3cccc(F)c3)C2)cc1OC. The van der Waals surface area contributed by atoms with Crippen LogP contribution < -0.4 is 14.8 Å². The molecule has 0 bridgehead atoms. The second kappa shape index (κ2) is 10.1. The molecule has 1 saturated heterocycles. The normalized spacial score (nSPS) is 17.2. The number of nitrogens with one attached hydrogen (secondary N) is 2. The number of hydrogen-bond donors (Lipinski definition) is 2. The number of rotatable bonds is 8. The minimum atomic E-state index is -3.44. The van der Waals surface area contributed by atoms with E-state index >= 15 is 0 Å². The Morgan fingerprint density at radius 2 is 2.06 bits per heavy atom. The molecule has 3 rings (SSSR count). The molecule has 2 aromatic carbocycles. The number of sulfonamides is 1. The molecule has 1 amide bonds. The number of carbonyl (C=O) groups excluding carboxylic acids is 1. The molecular formula is C22H28FN3O4S. The van der Waals surface area contributed by atoms with E-state index < -0.39 is 10.0 Å². The summed E-state index contributed by atoms with van der Waals surface area (Å²) in [6.07, 6.45) is 1.66.